The minimum absolute atomic E-state index is 0.00767. The molecule has 0 fully saturated rings. The fourth-order valence-electron chi connectivity index (χ4n) is 4.49. The van der Waals surface area contributed by atoms with Gasteiger partial charge < -0.3 is 10.2 Å². The lowest BCUT2D eigenvalue weighted by atomic mass is 10.0. The molecule has 0 saturated heterocycles. The summed E-state index contributed by atoms with van der Waals surface area (Å²) in [4.78, 5) is 28.8. The van der Waals surface area contributed by atoms with E-state index in [1.165, 1.54) is 54.4 Å². The first-order valence-corrected chi connectivity index (χ1v) is 15.1. The lowest BCUT2D eigenvalue weighted by Crippen LogP contribution is -2.53. The number of sulfonamides is 1. The van der Waals surface area contributed by atoms with Gasteiger partial charge in [-0.1, -0.05) is 78.3 Å². The number of likely N-dealkylation sites (N-methyl/N-ethyl adjacent to an activating group) is 1. The summed E-state index contributed by atoms with van der Waals surface area (Å²) in [5, 5.41) is 2.96. The van der Waals surface area contributed by atoms with Crippen LogP contribution in [0.25, 0.3) is 0 Å². The summed E-state index contributed by atoms with van der Waals surface area (Å²) in [6.07, 6.45) is 0.176. The largest absolute Gasteiger partial charge is 0.357 e. The zero-order valence-electron chi connectivity index (χ0n) is 23.2. The van der Waals surface area contributed by atoms with Gasteiger partial charge in [0.1, 0.15) is 18.4 Å². The van der Waals surface area contributed by atoms with Crippen molar-refractivity contribution in [2.24, 2.45) is 0 Å². The average molecular weight is 608 g/mol. The van der Waals surface area contributed by atoms with Gasteiger partial charge in [0.25, 0.3) is 10.0 Å². The second-order valence-corrected chi connectivity index (χ2v) is 12.0. The van der Waals surface area contributed by atoms with Gasteiger partial charge in [-0.15, -0.1) is 0 Å². The van der Waals surface area contributed by atoms with Crippen LogP contribution in [0, 0.1) is 12.7 Å². The van der Waals surface area contributed by atoms with E-state index in [9.17, 15) is 22.4 Å². The molecule has 1 atom stereocenters. The summed E-state index contributed by atoms with van der Waals surface area (Å²) in [5.74, 6) is -1.50. The molecule has 0 saturated carbocycles. The highest BCUT2D eigenvalue weighted by molar-refractivity contribution is 7.92. The Bertz CT molecular complexity index is 1640. The molecule has 4 rings (SSSR count). The van der Waals surface area contributed by atoms with E-state index in [2.05, 4.69) is 5.32 Å². The summed E-state index contributed by atoms with van der Waals surface area (Å²) in [5.41, 5.74) is 2.32. The van der Waals surface area contributed by atoms with Crippen molar-refractivity contribution in [3.8, 4) is 0 Å². The molecule has 0 aliphatic rings. The fraction of sp³-hybridized carbons (Fsp3) is 0.188. The van der Waals surface area contributed by atoms with Crippen molar-refractivity contribution < 1.29 is 22.4 Å². The molecule has 218 valence electrons. The molecule has 0 heterocycles. The summed E-state index contributed by atoms with van der Waals surface area (Å²) < 4.78 is 42.5. The minimum atomic E-state index is -4.22. The van der Waals surface area contributed by atoms with Crippen LogP contribution in [0.15, 0.2) is 108 Å². The van der Waals surface area contributed by atoms with Crippen molar-refractivity contribution in [2.75, 3.05) is 17.9 Å². The van der Waals surface area contributed by atoms with Gasteiger partial charge in [-0.3, -0.25) is 13.9 Å². The lowest BCUT2D eigenvalue weighted by molar-refractivity contribution is -0.139. The molecule has 1 N–H and O–H groups in total. The number of carbonyl (C=O) groups excluding carboxylic acids is 2. The molecule has 42 heavy (non-hydrogen) atoms. The summed E-state index contributed by atoms with van der Waals surface area (Å²) >= 11 is 6.37. The van der Waals surface area contributed by atoms with Gasteiger partial charge in [-0.25, -0.2) is 12.8 Å². The highest BCUT2D eigenvalue weighted by atomic mass is 35.5. The maximum Gasteiger partial charge on any atom is 0.264 e. The molecule has 0 aliphatic heterocycles. The average Bonchev–Trinajstić information content (AvgIpc) is 3.00. The van der Waals surface area contributed by atoms with Crippen molar-refractivity contribution in [1.82, 2.24) is 10.2 Å². The first-order valence-electron chi connectivity index (χ1n) is 13.2. The quantitative estimate of drug-likeness (QED) is 0.248. The molecule has 7 nitrogen and oxygen atoms in total. The number of hydrogen-bond acceptors (Lipinski definition) is 4. The van der Waals surface area contributed by atoms with E-state index in [1.807, 2.05) is 30.3 Å². The maximum absolute atomic E-state index is 14.2. The molecular formula is C32H31ClFN3O4S. The number of rotatable bonds is 11. The van der Waals surface area contributed by atoms with Crippen LogP contribution < -0.4 is 9.62 Å². The number of hydrogen-bond donors (Lipinski definition) is 1. The molecule has 4 aromatic rings. The topological polar surface area (TPSA) is 86.8 Å². The van der Waals surface area contributed by atoms with Crippen LogP contribution in [0.1, 0.15) is 16.7 Å². The highest BCUT2D eigenvalue weighted by Crippen LogP contribution is 2.29. The molecular weight excluding hydrogens is 577 g/mol. The van der Waals surface area contributed by atoms with Crippen LogP contribution in [-0.2, 0) is 32.6 Å². The van der Waals surface area contributed by atoms with Crippen LogP contribution in [0.2, 0.25) is 5.02 Å². The van der Waals surface area contributed by atoms with Gasteiger partial charge in [-0.05, 0) is 60.0 Å². The van der Waals surface area contributed by atoms with Gasteiger partial charge in [0.15, 0.2) is 0 Å². The monoisotopic (exact) mass is 607 g/mol. The van der Waals surface area contributed by atoms with E-state index >= 15 is 0 Å². The number of anilines is 1. The van der Waals surface area contributed by atoms with Crippen molar-refractivity contribution in [3.05, 3.63) is 131 Å². The number of nitrogens with one attached hydrogen (secondary N) is 1. The number of carbonyl (C=O) groups is 2. The molecule has 0 spiro atoms. The highest BCUT2D eigenvalue weighted by Gasteiger charge is 2.34. The molecule has 0 bridgehead atoms. The Morgan fingerprint density at radius 3 is 2.10 bits per heavy atom. The predicted octanol–water partition coefficient (Wildman–Crippen LogP) is 5.37. The molecule has 4 aromatic carbocycles. The van der Waals surface area contributed by atoms with E-state index in [0.29, 0.717) is 10.6 Å². The molecule has 2 amide bonds. The summed E-state index contributed by atoms with van der Waals surface area (Å²) in [7, 11) is -2.75. The Balaban J connectivity index is 1.79. The number of nitrogens with zero attached hydrogens (tertiary/aromatic N) is 2. The van der Waals surface area contributed by atoms with Gasteiger partial charge in [0, 0.05) is 25.0 Å². The number of halogens is 2. The second-order valence-electron chi connectivity index (χ2n) is 9.73. The Morgan fingerprint density at radius 2 is 1.50 bits per heavy atom. The zero-order valence-corrected chi connectivity index (χ0v) is 24.8. The van der Waals surface area contributed by atoms with E-state index in [1.54, 1.807) is 37.3 Å². The zero-order chi connectivity index (χ0) is 30.3. The Kier molecular flexibility index (Phi) is 9.98. The van der Waals surface area contributed by atoms with E-state index < -0.39 is 40.2 Å². The Hall–Kier alpha value is -4.21. The minimum Gasteiger partial charge on any atom is -0.357 e. The molecule has 0 aromatic heterocycles. The number of amides is 2. The summed E-state index contributed by atoms with van der Waals surface area (Å²) in [6, 6.07) is 26.3. The SMILES string of the molecule is CNC(=O)C(Cc1ccccc1)N(Cc1ccc(F)cc1)C(=O)CN(c1ccc(C)c(Cl)c1)S(=O)(=O)c1ccccc1. The number of benzene rings is 4. The maximum atomic E-state index is 14.2. The van der Waals surface area contributed by atoms with Gasteiger partial charge >= 0.3 is 0 Å². The van der Waals surface area contributed by atoms with Gasteiger partial charge in [0.2, 0.25) is 11.8 Å². The Morgan fingerprint density at radius 1 is 0.881 bits per heavy atom. The van der Waals surface area contributed by atoms with Crippen molar-refractivity contribution in [3.63, 3.8) is 0 Å². The first kappa shape index (κ1) is 30.7. The second kappa shape index (κ2) is 13.6. The normalized spacial score (nSPS) is 11.9. The first-order chi connectivity index (χ1) is 20.1. The van der Waals surface area contributed by atoms with Crippen LogP contribution in [-0.4, -0.2) is 44.8 Å². The summed E-state index contributed by atoms with van der Waals surface area (Å²) in [6.45, 7) is 1.12. The molecule has 0 aliphatic carbocycles. The van der Waals surface area contributed by atoms with Crippen LogP contribution in [0.4, 0.5) is 10.1 Å². The standard InChI is InChI=1S/C32H31ClFN3O4S/c1-23-13-18-27(20-29(23)33)37(42(40,41)28-11-7-4-8-12-28)22-31(38)36(21-25-14-16-26(34)17-15-25)30(32(39)35-2)19-24-9-5-3-6-10-24/h3-18,20,30H,19,21-22H2,1-2H3,(H,35,39). The predicted molar refractivity (Wildman–Crippen MR) is 162 cm³/mol. The van der Waals surface area contributed by atoms with Crippen molar-refractivity contribution in [2.45, 2.75) is 30.8 Å². The third kappa shape index (κ3) is 7.35. The van der Waals surface area contributed by atoms with Gasteiger partial charge in [0.05, 0.1) is 10.6 Å². The Labute approximate surface area is 250 Å². The van der Waals surface area contributed by atoms with Crippen LogP contribution in [0.3, 0.4) is 0 Å². The third-order valence-corrected chi connectivity index (χ3v) is 9.03. The molecule has 0 radical (unpaired) electrons. The van der Waals surface area contributed by atoms with Gasteiger partial charge in [-0.2, -0.15) is 0 Å². The number of aryl methyl sites for hydroxylation is 1. The van der Waals surface area contributed by atoms with E-state index in [0.717, 1.165) is 15.4 Å². The van der Waals surface area contributed by atoms with Crippen molar-refractivity contribution >= 4 is 39.1 Å². The van der Waals surface area contributed by atoms with Crippen LogP contribution in [0.5, 0.6) is 0 Å². The van der Waals surface area contributed by atoms with E-state index in [-0.39, 0.29) is 23.5 Å². The van der Waals surface area contributed by atoms with Crippen molar-refractivity contribution in [1.29, 1.82) is 0 Å². The third-order valence-electron chi connectivity index (χ3n) is 6.84. The fourth-order valence-corrected chi connectivity index (χ4v) is 6.09. The van der Waals surface area contributed by atoms with Crippen LogP contribution >= 0.6 is 11.6 Å². The smallest absolute Gasteiger partial charge is 0.264 e. The molecule has 1 unspecified atom stereocenters. The lowest BCUT2D eigenvalue weighted by Gasteiger charge is -2.33. The van der Waals surface area contributed by atoms with E-state index in [4.69, 9.17) is 11.6 Å². The molecule has 10 heteroatoms.